The van der Waals surface area contributed by atoms with Gasteiger partial charge in [0.05, 0.1) is 22.9 Å². The smallest absolute Gasteiger partial charge is 0.267 e. The zero-order chi connectivity index (χ0) is 29.7. The highest BCUT2D eigenvalue weighted by atomic mass is 35.5. The second-order valence-corrected chi connectivity index (χ2v) is 11.4. The van der Waals surface area contributed by atoms with E-state index in [1.807, 2.05) is 64.1 Å². The molecule has 1 aliphatic rings. The van der Waals surface area contributed by atoms with Gasteiger partial charge in [-0.15, -0.1) is 11.3 Å². The lowest BCUT2D eigenvalue weighted by molar-refractivity contribution is -0.117. The van der Waals surface area contributed by atoms with E-state index in [0.717, 1.165) is 41.5 Å². The van der Waals surface area contributed by atoms with Crippen molar-refractivity contribution in [1.29, 1.82) is 0 Å². The molecule has 2 heterocycles. The number of carbonyl (C=O) groups excluding carboxylic acids is 2. The zero-order valence-corrected chi connectivity index (χ0v) is 26.3. The Bertz CT molecular complexity index is 1270. The van der Waals surface area contributed by atoms with Gasteiger partial charge in [0.15, 0.2) is 11.5 Å². The van der Waals surface area contributed by atoms with Gasteiger partial charge < -0.3 is 19.7 Å². The Hall–Kier alpha value is -2.92. The van der Waals surface area contributed by atoms with Crippen LogP contribution in [0, 0.1) is 0 Å². The van der Waals surface area contributed by atoms with Gasteiger partial charge in [0, 0.05) is 37.9 Å². The van der Waals surface area contributed by atoms with Crippen molar-refractivity contribution in [3.8, 4) is 11.5 Å². The number of hydrogen-bond acceptors (Lipinski definition) is 6. The third-order valence-electron chi connectivity index (χ3n) is 5.67. The van der Waals surface area contributed by atoms with Crippen LogP contribution in [0.2, 0.25) is 4.34 Å². The molecular weight excluding hydrogens is 570 g/mol. The van der Waals surface area contributed by atoms with E-state index in [9.17, 15) is 13.8 Å². The zero-order valence-electron chi connectivity index (χ0n) is 23.9. The number of nitrogens with zero attached hydrogens (tertiary/aromatic N) is 2. The molecule has 4 rings (SSSR count). The Balaban J connectivity index is 0.000000360. The summed E-state index contributed by atoms with van der Waals surface area (Å²) in [5.74, 6) is 1.35. The van der Waals surface area contributed by atoms with Gasteiger partial charge in [0.25, 0.3) is 5.91 Å². The van der Waals surface area contributed by atoms with Crippen molar-refractivity contribution in [3.05, 3.63) is 63.8 Å². The maximum absolute atomic E-state index is 12.7. The Morgan fingerprint density at radius 3 is 2.33 bits per heavy atom. The quantitative estimate of drug-likeness (QED) is 0.287. The summed E-state index contributed by atoms with van der Waals surface area (Å²) in [4.78, 5) is 27.0. The van der Waals surface area contributed by atoms with Crippen LogP contribution < -0.4 is 19.7 Å². The van der Waals surface area contributed by atoms with Crippen molar-refractivity contribution in [2.75, 3.05) is 44.1 Å². The minimum Gasteiger partial charge on any atom is -0.493 e. The van der Waals surface area contributed by atoms with Crippen molar-refractivity contribution in [2.24, 2.45) is 0 Å². The highest BCUT2D eigenvalue weighted by Gasteiger charge is 2.24. The van der Waals surface area contributed by atoms with Crippen LogP contribution in [-0.2, 0) is 15.8 Å². The molecule has 0 aliphatic carbocycles. The molecule has 3 aromatic rings. The molecule has 2 amide bonds. The number of para-hydroxylation sites is 2. The number of anilines is 2. The fraction of sp³-hybridized carbons (Fsp3) is 0.379. The molecule has 0 spiro atoms. The highest BCUT2D eigenvalue weighted by Crippen LogP contribution is 2.31. The highest BCUT2D eigenvalue weighted by molar-refractivity contribution is 7.83. The summed E-state index contributed by atoms with van der Waals surface area (Å²) in [7, 11) is 1.91. The summed E-state index contributed by atoms with van der Waals surface area (Å²) < 4.78 is 25.0. The lowest BCUT2D eigenvalue weighted by atomic mass is 10.2. The number of rotatable bonds is 9. The van der Waals surface area contributed by atoms with Crippen molar-refractivity contribution < 1.29 is 23.3 Å². The van der Waals surface area contributed by atoms with Crippen molar-refractivity contribution in [1.82, 2.24) is 4.31 Å². The number of methoxy groups -OCH3 is 1. The Kier molecular flexibility index (Phi) is 14.2. The number of amides is 2. The number of halogens is 1. The number of benzene rings is 2. The van der Waals surface area contributed by atoms with Gasteiger partial charge in [0.2, 0.25) is 5.91 Å². The predicted octanol–water partition coefficient (Wildman–Crippen LogP) is 6.88. The summed E-state index contributed by atoms with van der Waals surface area (Å²) in [6, 6.07) is 16.3. The lowest BCUT2D eigenvalue weighted by Gasteiger charge is -2.16. The molecule has 1 N–H and O–H groups in total. The minimum atomic E-state index is -1.45. The fourth-order valence-corrected chi connectivity index (χ4v) is 6.18. The van der Waals surface area contributed by atoms with Crippen LogP contribution >= 0.6 is 22.9 Å². The summed E-state index contributed by atoms with van der Waals surface area (Å²) in [6.07, 6.45) is 1.44. The predicted molar refractivity (Wildman–Crippen MR) is 166 cm³/mol. The van der Waals surface area contributed by atoms with Crippen LogP contribution in [0.5, 0.6) is 11.5 Å². The van der Waals surface area contributed by atoms with Gasteiger partial charge in [-0.1, -0.05) is 44.5 Å². The van der Waals surface area contributed by atoms with Crippen LogP contribution in [0.25, 0.3) is 0 Å². The number of thiophene rings is 1. The second kappa shape index (κ2) is 17.0. The first-order chi connectivity index (χ1) is 19.3. The average molecular weight is 608 g/mol. The molecule has 1 aromatic heterocycles. The molecule has 1 aliphatic heterocycles. The summed E-state index contributed by atoms with van der Waals surface area (Å²) in [5, 5.41) is 2.81. The SMILES string of the molecule is CC.CCN(C)S(=O)c1cc(Cl)sc1C(=O)Nc1ccc(N2CCCC2=O)cc1.CCOc1ccccc1OC. The first-order valence-corrected chi connectivity index (χ1v) is 15.5. The Morgan fingerprint density at radius 1 is 1.12 bits per heavy atom. The normalized spacial score (nSPS) is 13.1. The summed E-state index contributed by atoms with van der Waals surface area (Å²) in [6.45, 7) is 9.81. The molecule has 2 aromatic carbocycles. The number of nitrogens with one attached hydrogen (secondary N) is 1. The largest absolute Gasteiger partial charge is 0.493 e. The lowest BCUT2D eigenvalue weighted by Crippen LogP contribution is -2.23. The molecule has 218 valence electrons. The first-order valence-electron chi connectivity index (χ1n) is 13.2. The van der Waals surface area contributed by atoms with Gasteiger partial charge in [-0.25, -0.2) is 8.51 Å². The van der Waals surface area contributed by atoms with Crippen molar-refractivity contribution >= 4 is 57.1 Å². The first kappa shape index (κ1) is 33.3. The molecule has 1 saturated heterocycles. The van der Waals surface area contributed by atoms with Crippen molar-refractivity contribution in [3.63, 3.8) is 0 Å². The van der Waals surface area contributed by atoms with Crippen LogP contribution in [0.4, 0.5) is 11.4 Å². The standard InChI is InChI=1S/C18H20ClN3O3S2.C9H12O2.C2H6/c1-3-21(2)27(25)14-11-15(19)26-17(14)18(24)20-12-6-8-13(9-7-12)22-10-4-5-16(22)23;1-3-11-9-7-5-4-6-8(9)10-2;1-2/h6-9,11H,3-5,10H2,1-2H3,(H,20,24);4-7H,3H2,1-2H3;1-2H3. The number of carbonyl (C=O) groups is 2. The number of hydrogen-bond donors (Lipinski definition) is 1. The van der Waals surface area contributed by atoms with Gasteiger partial charge >= 0.3 is 0 Å². The average Bonchev–Trinajstić information content (AvgIpc) is 3.59. The van der Waals surface area contributed by atoms with Crippen LogP contribution in [0.3, 0.4) is 0 Å². The molecule has 0 saturated carbocycles. The van der Waals surface area contributed by atoms with Gasteiger partial charge in [0.1, 0.15) is 15.9 Å². The van der Waals surface area contributed by atoms with E-state index in [-0.39, 0.29) is 11.8 Å². The minimum absolute atomic E-state index is 0.118. The molecule has 8 nitrogen and oxygen atoms in total. The van der Waals surface area contributed by atoms with Crippen molar-refractivity contribution in [2.45, 2.75) is 45.4 Å². The van der Waals surface area contributed by atoms with E-state index >= 15 is 0 Å². The number of ether oxygens (including phenoxy) is 2. The second-order valence-electron chi connectivity index (χ2n) is 8.17. The molecule has 0 radical (unpaired) electrons. The van der Waals surface area contributed by atoms with Crippen LogP contribution in [0.15, 0.2) is 59.5 Å². The van der Waals surface area contributed by atoms with Gasteiger partial charge in [-0.3, -0.25) is 9.59 Å². The van der Waals surface area contributed by atoms with E-state index in [4.69, 9.17) is 21.1 Å². The molecule has 1 fully saturated rings. The topological polar surface area (TPSA) is 88.2 Å². The van der Waals surface area contributed by atoms with Crippen LogP contribution in [-0.4, -0.2) is 54.2 Å². The molecule has 40 heavy (non-hydrogen) atoms. The Morgan fingerprint density at radius 2 is 1.77 bits per heavy atom. The van der Waals surface area contributed by atoms with E-state index in [1.54, 1.807) is 41.6 Å². The Labute approximate surface area is 248 Å². The van der Waals surface area contributed by atoms with E-state index < -0.39 is 11.0 Å². The van der Waals surface area contributed by atoms with E-state index in [0.29, 0.717) is 39.4 Å². The monoisotopic (exact) mass is 607 g/mol. The molecule has 1 atom stereocenters. The molecule has 1 unspecified atom stereocenters. The summed E-state index contributed by atoms with van der Waals surface area (Å²) in [5.41, 5.74) is 1.42. The van der Waals surface area contributed by atoms with E-state index in [1.165, 1.54) is 0 Å². The summed E-state index contributed by atoms with van der Waals surface area (Å²) >= 11 is 7.16. The van der Waals surface area contributed by atoms with Crippen LogP contribution in [0.1, 0.15) is 50.2 Å². The third-order valence-corrected chi connectivity index (χ3v) is 8.58. The van der Waals surface area contributed by atoms with E-state index in [2.05, 4.69) is 5.32 Å². The molecular formula is C29H38ClN3O5S2. The maximum Gasteiger partial charge on any atom is 0.267 e. The molecule has 11 heteroatoms. The maximum atomic E-state index is 12.7. The molecule has 0 bridgehead atoms. The fourth-order valence-electron chi connectivity index (χ4n) is 3.65. The van der Waals surface area contributed by atoms with Gasteiger partial charge in [-0.05, 0) is 55.8 Å². The van der Waals surface area contributed by atoms with Gasteiger partial charge in [-0.2, -0.15) is 0 Å². The third kappa shape index (κ3) is 9.05.